The summed E-state index contributed by atoms with van der Waals surface area (Å²) in [5, 5.41) is 0. The highest BCUT2D eigenvalue weighted by atomic mass is 16.5. The van der Waals surface area contributed by atoms with E-state index in [2.05, 4.69) is 0 Å². The van der Waals surface area contributed by atoms with Crippen LogP contribution in [0.25, 0.3) is 0 Å². The van der Waals surface area contributed by atoms with E-state index in [0.717, 1.165) is 30.6 Å². The molecule has 0 radical (unpaired) electrons. The van der Waals surface area contributed by atoms with Crippen LogP contribution in [-0.4, -0.2) is 13.0 Å². The summed E-state index contributed by atoms with van der Waals surface area (Å²) in [7, 11) is 1.63. The Morgan fingerprint density at radius 2 is 2.25 bits per heavy atom. The molecule has 3 heteroatoms. The largest absolute Gasteiger partial charge is 0.497 e. The lowest BCUT2D eigenvalue weighted by Gasteiger charge is -2.33. The van der Waals surface area contributed by atoms with Gasteiger partial charge >= 0.3 is 0 Å². The first-order valence-electron chi connectivity index (χ1n) is 5.55. The van der Waals surface area contributed by atoms with Gasteiger partial charge in [0.25, 0.3) is 0 Å². The van der Waals surface area contributed by atoms with E-state index in [1.165, 1.54) is 5.56 Å². The van der Waals surface area contributed by atoms with Gasteiger partial charge in [-0.05, 0) is 49.4 Å². The molecule has 2 N–H and O–H groups in total. The maximum Gasteiger partial charge on any atom is 0.227 e. The molecule has 0 aromatic heterocycles. The summed E-state index contributed by atoms with van der Waals surface area (Å²) in [5.41, 5.74) is 7.24. The minimum Gasteiger partial charge on any atom is -0.497 e. The summed E-state index contributed by atoms with van der Waals surface area (Å²) in [6, 6.07) is 5.92. The Kier molecular flexibility index (Phi) is 2.62. The smallest absolute Gasteiger partial charge is 0.227 e. The first kappa shape index (κ1) is 11.0. The molecule has 1 amide bonds. The van der Waals surface area contributed by atoms with Crippen LogP contribution in [0.3, 0.4) is 0 Å². The van der Waals surface area contributed by atoms with Gasteiger partial charge in [0.15, 0.2) is 0 Å². The minimum atomic E-state index is -0.540. The number of ether oxygens (including phenoxy) is 1. The van der Waals surface area contributed by atoms with Crippen LogP contribution in [0.5, 0.6) is 5.75 Å². The third-order valence-corrected chi connectivity index (χ3v) is 3.58. The maximum absolute atomic E-state index is 11.6. The summed E-state index contributed by atoms with van der Waals surface area (Å²) < 4.78 is 5.20. The van der Waals surface area contributed by atoms with Crippen molar-refractivity contribution in [2.75, 3.05) is 7.11 Å². The topological polar surface area (TPSA) is 52.3 Å². The van der Waals surface area contributed by atoms with Gasteiger partial charge < -0.3 is 10.5 Å². The monoisotopic (exact) mass is 219 g/mol. The first-order valence-corrected chi connectivity index (χ1v) is 5.55. The second-order valence-corrected chi connectivity index (χ2v) is 4.57. The maximum atomic E-state index is 11.6. The van der Waals surface area contributed by atoms with E-state index < -0.39 is 5.41 Å². The van der Waals surface area contributed by atoms with Crippen LogP contribution in [0.1, 0.15) is 30.9 Å². The van der Waals surface area contributed by atoms with Gasteiger partial charge in [0.1, 0.15) is 5.75 Å². The predicted octanol–water partition coefficient (Wildman–Crippen LogP) is 1.77. The molecule has 1 aromatic rings. The summed E-state index contributed by atoms with van der Waals surface area (Å²) in [4.78, 5) is 11.6. The fraction of sp³-hybridized carbons (Fsp3) is 0.462. The normalized spacial score (nSPS) is 23.6. The molecule has 86 valence electrons. The van der Waals surface area contributed by atoms with Crippen molar-refractivity contribution >= 4 is 5.91 Å². The fourth-order valence-corrected chi connectivity index (χ4v) is 2.44. The number of fused-ring (bicyclic) bond motifs is 1. The zero-order valence-corrected chi connectivity index (χ0v) is 9.75. The highest BCUT2D eigenvalue weighted by Gasteiger charge is 2.37. The average Bonchev–Trinajstić information content (AvgIpc) is 2.29. The van der Waals surface area contributed by atoms with Crippen molar-refractivity contribution in [1.82, 2.24) is 0 Å². The number of hydrogen-bond donors (Lipinski definition) is 1. The molecule has 0 aliphatic heterocycles. The summed E-state index contributed by atoms with van der Waals surface area (Å²) in [6.07, 6.45) is 2.85. The molecule has 3 nitrogen and oxygen atoms in total. The highest BCUT2D eigenvalue weighted by molar-refractivity contribution is 5.87. The molecule has 2 rings (SSSR count). The van der Waals surface area contributed by atoms with Crippen LogP contribution >= 0.6 is 0 Å². The van der Waals surface area contributed by atoms with E-state index in [-0.39, 0.29) is 5.91 Å². The third kappa shape index (κ3) is 1.56. The van der Waals surface area contributed by atoms with E-state index in [1.54, 1.807) is 7.11 Å². The van der Waals surface area contributed by atoms with E-state index in [1.807, 2.05) is 25.1 Å². The van der Waals surface area contributed by atoms with Crippen molar-refractivity contribution in [3.8, 4) is 5.75 Å². The zero-order chi connectivity index (χ0) is 11.8. The molecule has 0 bridgehead atoms. The van der Waals surface area contributed by atoms with Gasteiger partial charge in [-0.25, -0.2) is 0 Å². The predicted molar refractivity (Wildman–Crippen MR) is 62.5 cm³/mol. The quantitative estimate of drug-likeness (QED) is 0.824. The Labute approximate surface area is 95.6 Å². The number of carbonyl (C=O) groups is 1. The number of methoxy groups -OCH3 is 1. The van der Waals surface area contributed by atoms with Gasteiger partial charge in [0, 0.05) is 0 Å². The van der Waals surface area contributed by atoms with Crippen LogP contribution in [0.15, 0.2) is 18.2 Å². The van der Waals surface area contributed by atoms with Gasteiger partial charge in [-0.2, -0.15) is 0 Å². The number of amides is 1. The van der Waals surface area contributed by atoms with Crippen LogP contribution in [0, 0.1) is 0 Å². The number of primary amides is 1. The molecule has 0 saturated heterocycles. The van der Waals surface area contributed by atoms with Crippen molar-refractivity contribution in [1.29, 1.82) is 0 Å². The molecule has 1 aliphatic carbocycles. The number of benzene rings is 1. The van der Waals surface area contributed by atoms with Gasteiger partial charge in [0.2, 0.25) is 5.91 Å². The molecule has 0 spiro atoms. The number of aryl methyl sites for hydroxylation is 1. The lowest BCUT2D eigenvalue weighted by atomic mass is 9.71. The van der Waals surface area contributed by atoms with Crippen LogP contribution in [0.4, 0.5) is 0 Å². The van der Waals surface area contributed by atoms with Crippen LogP contribution in [0.2, 0.25) is 0 Å². The highest BCUT2D eigenvalue weighted by Crippen LogP contribution is 2.38. The molecule has 0 saturated carbocycles. The lowest BCUT2D eigenvalue weighted by Crippen LogP contribution is -2.41. The Morgan fingerprint density at radius 3 is 2.88 bits per heavy atom. The molecule has 1 aromatic carbocycles. The standard InChI is InChI=1S/C13H17NO2/c1-13(12(14)15)7-3-4-9-5-6-10(16-2)8-11(9)13/h5-6,8H,3-4,7H2,1-2H3,(H2,14,15). The molecule has 0 heterocycles. The Hall–Kier alpha value is -1.51. The van der Waals surface area contributed by atoms with E-state index in [9.17, 15) is 4.79 Å². The van der Waals surface area contributed by atoms with Crippen molar-refractivity contribution in [3.63, 3.8) is 0 Å². The molecule has 1 aliphatic rings. The van der Waals surface area contributed by atoms with Gasteiger partial charge in [-0.1, -0.05) is 6.07 Å². The Morgan fingerprint density at radius 1 is 1.50 bits per heavy atom. The molecule has 0 fully saturated rings. The fourth-order valence-electron chi connectivity index (χ4n) is 2.44. The van der Waals surface area contributed by atoms with Crippen LogP contribution in [-0.2, 0) is 16.6 Å². The zero-order valence-electron chi connectivity index (χ0n) is 9.75. The molecular formula is C13H17NO2. The third-order valence-electron chi connectivity index (χ3n) is 3.58. The molecule has 1 unspecified atom stereocenters. The molecule has 16 heavy (non-hydrogen) atoms. The number of nitrogens with two attached hydrogens (primary N) is 1. The van der Waals surface area contributed by atoms with E-state index in [0.29, 0.717) is 0 Å². The summed E-state index contributed by atoms with van der Waals surface area (Å²) in [5.74, 6) is 0.537. The second-order valence-electron chi connectivity index (χ2n) is 4.57. The van der Waals surface area contributed by atoms with E-state index in [4.69, 9.17) is 10.5 Å². The van der Waals surface area contributed by atoms with Crippen molar-refractivity contribution < 1.29 is 9.53 Å². The first-order chi connectivity index (χ1) is 7.58. The lowest BCUT2D eigenvalue weighted by molar-refractivity contribution is -0.123. The van der Waals surface area contributed by atoms with Crippen molar-refractivity contribution in [3.05, 3.63) is 29.3 Å². The van der Waals surface area contributed by atoms with Gasteiger partial charge in [0.05, 0.1) is 12.5 Å². The number of rotatable bonds is 2. The SMILES string of the molecule is COc1ccc2c(c1)C(C)(C(N)=O)CCC2. The Balaban J connectivity index is 2.55. The van der Waals surface area contributed by atoms with E-state index >= 15 is 0 Å². The summed E-state index contributed by atoms with van der Waals surface area (Å²) in [6.45, 7) is 1.92. The number of carbonyl (C=O) groups excluding carboxylic acids is 1. The van der Waals surface area contributed by atoms with Gasteiger partial charge in [-0.3, -0.25) is 4.79 Å². The van der Waals surface area contributed by atoms with Crippen molar-refractivity contribution in [2.24, 2.45) is 5.73 Å². The average molecular weight is 219 g/mol. The minimum absolute atomic E-state index is 0.248. The van der Waals surface area contributed by atoms with Crippen molar-refractivity contribution in [2.45, 2.75) is 31.6 Å². The number of hydrogen-bond acceptors (Lipinski definition) is 2. The van der Waals surface area contributed by atoms with Crippen LogP contribution < -0.4 is 10.5 Å². The summed E-state index contributed by atoms with van der Waals surface area (Å²) >= 11 is 0. The second kappa shape index (κ2) is 3.81. The molecular weight excluding hydrogens is 202 g/mol. The van der Waals surface area contributed by atoms with Gasteiger partial charge in [-0.15, -0.1) is 0 Å². The Bertz CT molecular complexity index is 428. The molecule has 1 atom stereocenters.